The van der Waals surface area contributed by atoms with E-state index in [0.717, 1.165) is 67.2 Å². The third kappa shape index (κ3) is 4.74. The number of carbonyl (C=O) groups excluding carboxylic acids is 1. The van der Waals surface area contributed by atoms with E-state index >= 15 is 0 Å². The zero-order chi connectivity index (χ0) is 27.2. The lowest BCUT2D eigenvalue weighted by atomic mass is 9.81. The molecule has 1 atom stereocenters. The van der Waals surface area contributed by atoms with Crippen LogP contribution in [0.4, 0.5) is 0 Å². The molecule has 39 heavy (non-hydrogen) atoms. The lowest BCUT2D eigenvalue weighted by molar-refractivity contribution is -0.150. The number of fused-ring (bicyclic) bond motifs is 2. The summed E-state index contributed by atoms with van der Waals surface area (Å²) in [5.41, 5.74) is 5.55. The van der Waals surface area contributed by atoms with Gasteiger partial charge in [0.25, 0.3) is 0 Å². The lowest BCUT2D eigenvalue weighted by Crippen LogP contribution is -2.36. The van der Waals surface area contributed by atoms with Crippen LogP contribution in [0.2, 0.25) is 0 Å². The Labute approximate surface area is 234 Å². The Kier molecular flexibility index (Phi) is 6.73. The minimum atomic E-state index is -0.269. The first-order valence-corrected chi connectivity index (χ1v) is 14.9. The predicted octanol–water partition coefficient (Wildman–Crippen LogP) is 6.37. The van der Waals surface area contributed by atoms with Crippen molar-refractivity contribution in [3.63, 3.8) is 0 Å². The Morgan fingerprint density at radius 1 is 1.21 bits per heavy atom. The summed E-state index contributed by atoms with van der Waals surface area (Å²) in [6.07, 6.45) is 7.24. The van der Waals surface area contributed by atoms with E-state index in [1.165, 1.54) is 16.7 Å². The summed E-state index contributed by atoms with van der Waals surface area (Å²) >= 11 is 1.68. The maximum atomic E-state index is 12.6. The quantitative estimate of drug-likeness (QED) is 0.309. The van der Waals surface area contributed by atoms with Crippen LogP contribution in [-0.4, -0.2) is 48.2 Å². The van der Waals surface area contributed by atoms with Crippen molar-refractivity contribution in [2.75, 3.05) is 26.2 Å². The fraction of sp³-hybridized carbons (Fsp3) is 0.469. The fourth-order valence-electron chi connectivity index (χ4n) is 6.53. The second kappa shape index (κ2) is 10.1. The molecule has 7 heteroatoms. The highest BCUT2D eigenvalue weighted by Gasteiger charge is 2.54. The van der Waals surface area contributed by atoms with Gasteiger partial charge in [0.15, 0.2) is 0 Å². The monoisotopic (exact) mass is 541 g/mol. The van der Waals surface area contributed by atoms with E-state index in [9.17, 15) is 10.1 Å². The van der Waals surface area contributed by atoms with Crippen LogP contribution in [0, 0.1) is 16.7 Å². The molecule has 2 heterocycles. The molecule has 0 bridgehead atoms. The molecule has 1 spiro atoms. The van der Waals surface area contributed by atoms with Gasteiger partial charge in [-0.05, 0) is 94.3 Å². The summed E-state index contributed by atoms with van der Waals surface area (Å²) in [6, 6.07) is 14.7. The van der Waals surface area contributed by atoms with E-state index in [2.05, 4.69) is 29.2 Å². The first kappa shape index (κ1) is 26.0. The number of likely N-dealkylation sites (tertiary alicyclic amines) is 1. The van der Waals surface area contributed by atoms with Crippen LogP contribution in [0.3, 0.4) is 0 Å². The van der Waals surface area contributed by atoms with E-state index in [1.54, 1.807) is 11.3 Å². The molecular formula is C32H35N3O3S. The number of aromatic nitrogens is 1. The van der Waals surface area contributed by atoms with Crippen molar-refractivity contribution in [2.24, 2.45) is 5.41 Å². The predicted molar refractivity (Wildman–Crippen MR) is 153 cm³/mol. The molecule has 1 aromatic heterocycles. The van der Waals surface area contributed by atoms with Crippen molar-refractivity contribution >= 4 is 17.3 Å². The molecule has 6 nitrogen and oxygen atoms in total. The number of rotatable bonds is 8. The summed E-state index contributed by atoms with van der Waals surface area (Å²) in [6.45, 7) is 9.14. The summed E-state index contributed by atoms with van der Waals surface area (Å²) in [5.74, 6) is 0.602. The second-order valence-electron chi connectivity index (χ2n) is 11.6. The Hall–Kier alpha value is -3.21. The van der Waals surface area contributed by atoms with E-state index in [1.807, 2.05) is 45.2 Å². The standard InChI is InChI=1S/C32H35N3O3S/c1-4-37-30(36)32(12-13-32)20-35-15-14-31(19-35)11-10-24-25(6-5-7-26(24)31)28-18-34-29(39-28)22-8-9-27(38-21(2)3)23(16-22)17-33/h5-9,16,18,21H,4,10-15,19-20H2,1-3H3. The van der Waals surface area contributed by atoms with Crippen LogP contribution in [0.1, 0.15) is 63.1 Å². The summed E-state index contributed by atoms with van der Waals surface area (Å²) in [5, 5.41) is 10.6. The van der Waals surface area contributed by atoms with Crippen molar-refractivity contribution in [3.05, 3.63) is 59.3 Å². The van der Waals surface area contributed by atoms with Crippen molar-refractivity contribution in [2.45, 2.75) is 64.4 Å². The highest BCUT2D eigenvalue weighted by atomic mass is 32.1. The number of benzene rings is 2. The fourth-order valence-corrected chi connectivity index (χ4v) is 7.49. The third-order valence-electron chi connectivity index (χ3n) is 8.60. The molecule has 3 aliphatic rings. The molecule has 6 rings (SSSR count). The number of carbonyl (C=O) groups is 1. The molecule has 2 fully saturated rings. The normalized spacial score (nSPS) is 21.2. The van der Waals surface area contributed by atoms with E-state index in [0.29, 0.717) is 17.9 Å². The zero-order valence-corrected chi connectivity index (χ0v) is 23.8. The van der Waals surface area contributed by atoms with E-state index < -0.39 is 0 Å². The van der Waals surface area contributed by atoms with Gasteiger partial charge in [0.1, 0.15) is 16.8 Å². The molecule has 202 valence electrons. The van der Waals surface area contributed by atoms with Crippen LogP contribution in [-0.2, 0) is 21.4 Å². The van der Waals surface area contributed by atoms with Gasteiger partial charge in [-0.15, -0.1) is 11.3 Å². The number of nitriles is 1. The van der Waals surface area contributed by atoms with Crippen LogP contribution in [0.25, 0.3) is 21.0 Å². The smallest absolute Gasteiger partial charge is 0.313 e. The second-order valence-corrected chi connectivity index (χ2v) is 12.6. The highest BCUT2D eigenvalue weighted by molar-refractivity contribution is 7.18. The zero-order valence-electron chi connectivity index (χ0n) is 23.0. The van der Waals surface area contributed by atoms with Crippen molar-refractivity contribution in [1.82, 2.24) is 9.88 Å². The van der Waals surface area contributed by atoms with Crippen LogP contribution >= 0.6 is 11.3 Å². The number of hydrogen-bond donors (Lipinski definition) is 0. The van der Waals surface area contributed by atoms with E-state index in [4.69, 9.17) is 14.5 Å². The van der Waals surface area contributed by atoms with Gasteiger partial charge in [0, 0.05) is 30.3 Å². The van der Waals surface area contributed by atoms with Gasteiger partial charge >= 0.3 is 5.97 Å². The molecule has 0 N–H and O–H groups in total. The van der Waals surface area contributed by atoms with Crippen molar-refractivity contribution in [3.8, 4) is 32.8 Å². The number of hydrogen-bond acceptors (Lipinski definition) is 7. The van der Waals surface area contributed by atoms with Gasteiger partial charge in [-0.2, -0.15) is 5.26 Å². The van der Waals surface area contributed by atoms with Crippen LogP contribution in [0.15, 0.2) is 42.6 Å². The Morgan fingerprint density at radius 2 is 2.05 bits per heavy atom. The molecule has 2 aromatic carbocycles. The van der Waals surface area contributed by atoms with Crippen LogP contribution < -0.4 is 4.74 Å². The molecule has 1 saturated carbocycles. The van der Waals surface area contributed by atoms with Gasteiger partial charge in [-0.25, -0.2) is 4.98 Å². The number of nitrogens with zero attached hydrogens (tertiary/aromatic N) is 3. The molecule has 1 unspecified atom stereocenters. The Morgan fingerprint density at radius 3 is 2.79 bits per heavy atom. The van der Waals surface area contributed by atoms with Crippen molar-refractivity contribution < 1.29 is 14.3 Å². The van der Waals surface area contributed by atoms with Gasteiger partial charge in [-0.1, -0.05) is 18.2 Å². The maximum absolute atomic E-state index is 12.6. The lowest BCUT2D eigenvalue weighted by Gasteiger charge is -2.27. The number of esters is 1. The SMILES string of the molecule is CCOC(=O)C1(CN2CCC3(CCc4c(-c5cnc(-c6ccc(OC(C)C)c(C#N)c6)s5)cccc43)C2)CC1. The van der Waals surface area contributed by atoms with Crippen LogP contribution in [0.5, 0.6) is 5.75 Å². The average Bonchev–Trinajstić information content (AvgIpc) is 3.25. The minimum Gasteiger partial charge on any atom is -0.490 e. The maximum Gasteiger partial charge on any atom is 0.313 e. The number of thiazole rings is 1. The molecule has 2 aliphatic carbocycles. The average molecular weight is 542 g/mol. The minimum absolute atomic E-state index is 0.00923. The molecule has 3 aromatic rings. The van der Waals surface area contributed by atoms with Gasteiger partial charge in [0.2, 0.25) is 0 Å². The topological polar surface area (TPSA) is 75.4 Å². The molecule has 0 amide bonds. The largest absolute Gasteiger partial charge is 0.490 e. The Balaban J connectivity index is 1.23. The molecule has 0 radical (unpaired) electrons. The van der Waals surface area contributed by atoms with Gasteiger partial charge in [-0.3, -0.25) is 4.79 Å². The Bertz CT molecular complexity index is 1450. The molecular weight excluding hydrogens is 506 g/mol. The summed E-state index contributed by atoms with van der Waals surface area (Å²) in [4.78, 5) is 21.0. The van der Waals surface area contributed by atoms with E-state index in [-0.39, 0.29) is 22.9 Å². The van der Waals surface area contributed by atoms with Crippen molar-refractivity contribution in [1.29, 1.82) is 5.26 Å². The first-order valence-electron chi connectivity index (χ1n) is 14.1. The summed E-state index contributed by atoms with van der Waals surface area (Å²) in [7, 11) is 0. The molecule has 1 saturated heterocycles. The third-order valence-corrected chi connectivity index (χ3v) is 9.68. The number of ether oxygens (including phenoxy) is 2. The van der Waals surface area contributed by atoms with Gasteiger partial charge in [0.05, 0.1) is 28.6 Å². The highest BCUT2D eigenvalue weighted by Crippen LogP contribution is 2.52. The molecule has 1 aliphatic heterocycles. The first-order chi connectivity index (χ1) is 18.9. The van der Waals surface area contributed by atoms with Gasteiger partial charge < -0.3 is 14.4 Å². The summed E-state index contributed by atoms with van der Waals surface area (Å²) < 4.78 is 11.2.